The summed E-state index contributed by atoms with van der Waals surface area (Å²) in [5, 5.41) is 3.68. The molecule has 0 bridgehead atoms. The average molecular weight is 367 g/mol. The number of piperidine rings is 1. The second-order valence-corrected chi connectivity index (χ2v) is 8.97. The number of nitrogens with one attached hydrogen (secondary N) is 1. The Kier molecular flexibility index (Phi) is 5.66. The smallest absolute Gasteiger partial charge is 0.163 e. The number of aromatic nitrogens is 1. The van der Waals surface area contributed by atoms with Crippen LogP contribution in [0.25, 0.3) is 0 Å². The van der Waals surface area contributed by atoms with Crippen LogP contribution in [0.15, 0.2) is 48.8 Å². The number of hydrogen-bond acceptors (Lipinski definition) is 4. The van der Waals surface area contributed by atoms with Gasteiger partial charge in [0.15, 0.2) is 5.78 Å². The number of ether oxygens (including phenoxy) is 1. The van der Waals surface area contributed by atoms with Crippen molar-refractivity contribution in [3.63, 3.8) is 0 Å². The van der Waals surface area contributed by atoms with Gasteiger partial charge in [-0.2, -0.15) is 0 Å². The van der Waals surface area contributed by atoms with Gasteiger partial charge in [-0.15, -0.1) is 0 Å². The number of Topliss-reactive ketones (excluding diaryl/α,β-unsaturated/α-hetero) is 1. The van der Waals surface area contributed by atoms with Gasteiger partial charge in [0, 0.05) is 29.3 Å². The fourth-order valence-electron chi connectivity index (χ4n) is 4.44. The van der Waals surface area contributed by atoms with Gasteiger partial charge >= 0.3 is 0 Å². The van der Waals surface area contributed by atoms with Gasteiger partial charge in [-0.05, 0) is 64.2 Å². The van der Waals surface area contributed by atoms with E-state index in [0.717, 1.165) is 29.7 Å². The molecular formula is C23H30N2O2. The molecule has 27 heavy (non-hydrogen) atoms. The van der Waals surface area contributed by atoms with Crippen LogP contribution in [0.3, 0.4) is 0 Å². The highest BCUT2D eigenvalue weighted by atomic mass is 16.5. The molecule has 0 saturated carbocycles. The quantitative estimate of drug-likeness (QED) is 0.747. The van der Waals surface area contributed by atoms with E-state index in [-0.39, 0.29) is 16.9 Å². The Hall–Kier alpha value is -2.20. The van der Waals surface area contributed by atoms with Crippen molar-refractivity contribution >= 4 is 5.78 Å². The number of carbonyl (C=O) groups is 1. The molecule has 2 aromatic rings. The summed E-state index contributed by atoms with van der Waals surface area (Å²) >= 11 is 0. The Morgan fingerprint density at radius 1 is 1.11 bits per heavy atom. The van der Waals surface area contributed by atoms with E-state index in [2.05, 4.69) is 38.0 Å². The predicted octanol–water partition coefficient (Wildman–Crippen LogP) is 4.79. The first-order valence-corrected chi connectivity index (χ1v) is 9.67. The molecule has 0 spiro atoms. The molecule has 4 heteroatoms. The molecule has 0 aliphatic carbocycles. The van der Waals surface area contributed by atoms with E-state index in [1.165, 1.54) is 0 Å². The SMILES string of the molecule is CC1(C)CC(CC(=O)c2ccc(COc3cccnc3)cc2)CC(C)(C)N1. The molecule has 1 aromatic carbocycles. The Bertz CT molecular complexity index is 751. The second kappa shape index (κ2) is 7.81. The van der Waals surface area contributed by atoms with Gasteiger partial charge in [0.1, 0.15) is 12.4 Å². The molecule has 2 heterocycles. The molecular weight excluding hydrogens is 336 g/mol. The van der Waals surface area contributed by atoms with Crippen molar-refractivity contribution in [3.05, 3.63) is 59.9 Å². The highest BCUT2D eigenvalue weighted by molar-refractivity contribution is 5.96. The van der Waals surface area contributed by atoms with Gasteiger partial charge < -0.3 is 10.1 Å². The number of carbonyl (C=O) groups excluding carboxylic acids is 1. The summed E-state index contributed by atoms with van der Waals surface area (Å²) in [7, 11) is 0. The predicted molar refractivity (Wildman–Crippen MR) is 108 cm³/mol. The minimum absolute atomic E-state index is 0.0696. The molecule has 1 aliphatic rings. The summed E-state index contributed by atoms with van der Waals surface area (Å²) in [5.74, 6) is 1.39. The molecule has 1 fully saturated rings. The average Bonchev–Trinajstić information content (AvgIpc) is 2.58. The van der Waals surface area contributed by atoms with Crippen LogP contribution in [0.2, 0.25) is 0 Å². The van der Waals surface area contributed by atoms with Gasteiger partial charge in [-0.1, -0.05) is 24.3 Å². The van der Waals surface area contributed by atoms with Crippen LogP contribution in [-0.4, -0.2) is 21.8 Å². The van der Waals surface area contributed by atoms with Crippen LogP contribution in [0.5, 0.6) is 5.75 Å². The third kappa shape index (κ3) is 5.64. The van der Waals surface area contributed by atoms with Crippen LogP contribution in [-0.2, 0) is 6.61 Å². The molecule has 3 rings (SSSR count). The largest absolute Gasteiger partial charge is 0.487 e. The lowest BCUT2D eigenvalue weighted by Crippen LogP contribution is -2.57. The Morgan fingerprint density at radius 3 is 2.37 bits per heavy atom. The molecule has 1 aliphatic heterocycles. The molecule has 1 aromatic heterocycles. The Morgan fingerprint density at radius 2 is 1.78 bits per heavy atom. The number of pyridine rings is 1. The van der Waals surface area contributed by atoms with E-state index in [4.69, 9.17) is 4.74 Å². The van der Waals surface area contributed by atoms with Crippen LogP contribution >= 0.6 is 0 Å². The molecule has 0 atom stereocenters. The Labute approximate surface area is 162 Å². The number of rotatable bonds is 6. The van der Waals surface area contributed by atoms with Crippen molar-refractivity contribution in [2.75, 3.05) is 0 Å². The van der Waals surface area contributed by atoms with Crippen molar-refractivity contribution in [2.45, 2.75) is 64.6 Å². The third-order valence-electron chi connectivity index (χ3n) is 5.06. The first-order valence-electron chi connectivity index (χ1n) is 9.67. The lowest BCUT2D eigenvalue weighted by atomic mass is 9.74. The maximum absolute atomic E-state index is 12.8. The van der Waals surface area contributed by atoms with Crippen LogP contribution in [0.4, 0.5) is 0 Å². The van der Waals surface area contributed by atoms with E-state index in [0.29, 0.717) is 18.9 Å². The summed E-state index contributed by atoms with van der Waals surface area (Å²) in [6.07, 6.45) is 6.08. The minimum Gasteiger partial charge on any atom is -0.487 e. The number of ketones is 1. The number of benzene rings is 1. The fourth-order valence-corrected chi connectivity index (χ4v) is 4.44. The molecule has 0 unspecified atom stereocenters. The van der Waals surface area contributed by atoms with Crippen LogP contribution < -0.4 is 10.1 Å². The highest BCUT2D eigenvalue weighted by Crippen LogP contribution is 2.35. The molecule has 0 radical (unpaired) electrons. The molecule has 4 nitrogen and oxygen atoms in total. The summed E-state index contributed by atoms with van der Waals surface area (Å²) in [6, 6.07) is 11.5. The second-order valence-electron chi connectivity index (χ2n) is 8.97. The molecule has 1 N–H and O–H groups in total. The standard InChI is InChI=1S/C23H30N2O2/c1-22(2)13-18(14-23(3,4)25-22)12-21(26)19-9-7-17(8-10-19)16-27-20-6-5-11-24-15-20/h5-11,15,18,25H,12-14,16H2,1-4H3. The minimum atomic E-state index is 0.0696. The topological polar surface area (TPSA) is 51.2 Å². The normalized spacial score (nSPS) is 18.8. The van der Waals surface area contributed by atoms with E-state index in [9.17, 15) is 4.79 Å². The van der Waals surface area contributed by atoms with Gasteiger partial charge in [0.05, 0.1) is 6.20 Å². The van der Waals surface area contributed by atoms with Crippen molar-refractivity contribution < 1.29 is 9.53 Å². The third-order valence-corrected chi connectivity index (χ3v) is 5.06. The molecule has 1 saturated heterocycles. The van der Waals surface area contributed by atoms with Crippen molar-refractivity contribution in [3.8, 4) is 5.75 Å². The van der Waals surface area contributed by atoms with Gasteiger partial charge in [-0.3, -0.25) is 9.78 Å². The summed E-state index contributed by atoms with van der Waals surface area (Å²) in [5.41, 5.74) is 1.97. The highest BCUT2D eigenvalue weighted by Gasteiger charge is 2.38. The number of nitrogens with zero attached hydrogens (tertiary/aromatic N) is 1. The lowest BCUT2D eigenvalue weighted by molar-refractivity contribution is 0.0864. The molecule has 144 valence electrons. The first-order chi connectivity index (χ1) is 12.7. The summed E-state index contributed by atoms with van der Waals surface area (Å²) < 4.78 is 5.71. The monoisotopic (exact) mass is 366 g/mol. The van der Waals surface area contributed by atoms with Crippen LogP contribution in [0.1, 0.15) is 62.9 Å². The van der Waals surface area contributed by atoms with Crippen molar-refractivity contribution in [1.82, 2.24) is 10.3 Å². The van der Waals surface area contributed by atoms with Gasteiger partial charge in [-0.25, -0.2) is 0 Å². The van der Waals surface area contributed by atoms with E-state index < -0.39 is 0 Å². The zero-order chi connectivity index (χ0) is 19.5. The first kappa shape index (κ1) is 19.6. The van der Waals surface area contributed by atoms with Crippen molar-refractivity contribution in [1.29, 1.82) is 0 Å². The van der Waals surface area contributed by atoms with E-state index in [1.807, 2.05) is 36.4 Å². The molecule has 0 amide bonds. The lowest BCUT2D eigenvalue weighted by Gasteiger charge is -2.46. The van der Waals surface area contributed by atoms with Crippen molar-refractivity contribution in [2.24, 2.45) is 5.92 Å². The maximum Gasteiger partial charge on any atom is 0.163 e. The fraction of sp³-hybridized carbons (Fsp3) is 0.478. The summed E-state index contributed by atoms with van der Waals surface area (Å²) in [6.45, 7) is 9.37. The maximum atomic E-state index is 12.8. The zero-order valence-corrected chi connectivity index (χ0v) is 16.8. The summed E-state index contributed by atoms with van der Waals surface area (Å²) in [4.78, 5) is 16.8. The van der Waals surface area contributed by atoms with Gasteiger partial charge in [0.2, 0.25) is 0 Å². The van der Waals surface area contributed by atoms with Crippen LogP contribution in [0, 0.1) is 5.92 Å². The van der Waals surface area contributed by atoms with E-state index >= 15 is 0 Å². The van der Waals surface area contributed by atoms with E-state index in [1.54, 1.807) is 12.4 Å². The zero-order valence-electron chi connectivity index (χ0n) is 16.8. The van der Waals surface area contributed by atoms with Gasteiger partial charge in [0.25, 0.3) is 0 Å². The Balaban J connectivity index is 1.57. The number of hydrogen-bond donors (Lipinski definition) is 1.